The van der Waals surface area contributed by atoms with E-state index in [0.717, 1.165) is 10.5 Å². The predicted octanol–water partition coefficient (Wildman–Crippen LogP) is 2.56. The highest BCUT2D eigenvalue weighted by molar-refractivity contribution is 8.00. The van der Waals surface area contributed by atoms with Crippen LogP contribution in [0.25, 0.3) is 0 Å². The van der Waals surface area contributed by atoms with Gasteiger partial charge in [0.25, 0.3) is 0 Å². The van der Waals surface area contributed by atoms with E-state index in [1.807, 2.05) is 24.3 Å². The Kier molecular flexibility index (Phi) is 4.96. The largest absolute Gasteiger partial charge is 0.229 e. The molecular formula is C10H13ClO2S2. The Labute approximate surface area is 99.9 Å². The van der Waals surface area contributed by atoms with Gasteiger partial charge in [0, 0.05) is 22.8 Å². The number of hydrogen-bond acceptors (Lipinski definition) is 3. The summed E-state index contributed by atoms with van der Waals surface area (Å²) in [5.41, 5.74) is 1.07. The first-order valence-corrected chi connectivity index (χ1v) is 8.05. The van der Waals surface area contributed by atoms with Crippen LogP contribution in [0.1, 0.15) is 5.56 Å². The highest BCUT2D eigenvalue weighted by Gasteiger charge is 2.02. The molecule has 0 aliphatic heterocycles. The van der Waals surface area contributed by atoms with Gasteiger partial charge in [-0.3, -0.25) is 0 Å². The van der Waals surface area contributed by atoms with Gasteiger partial charge >= 0.3 is 0 Å². The first kappa shape index (κ1) is 12.9. The molecule has 0 saturated carbocycles. The van der Waals surface area contributed by atoms with Crippen molar-refractivity contribution in [3.8, 4) is 0 Å². The number of sulfone groups is 1. The van der Waals surface area contributed by atoms with Crippen LogP contribution >= 0.6 is 23.4 Å². The molecule has 2 nitrogen and oxygen atoms in total. The van der Waals surface area contributed by atoms with E-state index in [9.17, 15) is 8.42 Å². The molecule has 0 aliphatic carbocycles. The Morgan fingerprint density at radius 3 is 2.33 bits per heavy atom. The van der Waals surface area contributed by atoms with Gasteiger partial charge in [-0.15, -0.1) is 23.4 Å². The summed E-state index contributed by atoms with van der Waals surface area (Å²) in [6.07, 6.45) is 1.25. The van der Waals surface area contributed by atoms with Crippen LogP contribution in [-0.2, 0) is 15.7 Å². The number of alkyl halides is 1. The van der Waals surface area contributed by atoms with E-state index in [4.69, 9.17) is 11.6 Å². The molecule has 15 heavy (non-hydrogen) atoms. The van der Waals surface area contributed by atoms with E-state index >= 15 is 0 Å². The molecule has 0 aliphatic rings. The normalized spacial score (nSPS) is 11.6. The third kappa shape index (κ3) is 5.44. The van der Waals surface area contributed by atoms with Crippen molar-refractivity contribution < 1.29 is 8.42 Å². The van der Waals surface area contributed by atoms with E-state index < -0.39 is 9.84 Å². The Morgan fingerprint density at radius 1 is 1.27 bits per heavy atom. The molecule has 0 heterocycles. The zero-order valence-corrected chi connectivity index (χ0v) is 10.8. The van der Waals surface area contributed by atoms with Crippen molar-refractivity contribution in [3.63, 3.8) is 0 Å². The third-order valence-electron chi connectivity index (χ3n) is 1.80. The molecule has 0 N–H and O–H groups in total. The maximum Gasteiger partial charge on any atom is 0.148 e. The summed E-state index contributed by atoms with van der Waals surface area (Å²) in [4.78, 5) is 1.08. The van der Waals surface area contributed by atoms with Crippen LogP contribution in [0.3, 0.4) is 0 Å². The van der Waals surface area contributed by atoms with Crippen molar-refractivity contribution in [3.05, 3.63) is 29.8 Å². The lowest BCUT2D eigenvalue weighted by Crippen LogP contribution is -2.04. The van der Waals surface area contributed by atoms with Gasteiger partial charge in [-0.1, -0.05) is 12.1 Å². The van der Waals surface area contributed by atoms with E-state index in [1.165, 1.54) is 6.26 Å². The quantitative estimate of drug-likeness (QED) is 0.606. The fourth-order valence-corrected chi connectivity index (χ4v) is 3.27. The van der Waals surface area contributed by atoms with Crippen LogP contribution in [0.2, 0.25) is 0 Å². The second kappa shape index (κ2) is 5.77. The lowest BCUT2D eigenvalue weighted by Gasteiger charge is -2.01. The van der Waals surface area contributed by atoms with Crippen molar-refractivity contribution >= 4 is 33.2 Å². The second-order valence-corrected chi connectivity index (χ2v) is 6.95. The van der Waals surface area contributed by atoms with Crippen LogP contribution in [-0.4, -0.2) is 26.2 Å². The van der Waals surface area contributed by atoms with Crippen molar-refractivity contribution in [1.29, 1.82) is 0 Å². The maximum absolute atomic E-state index is 10.9. The minimum Gasteiger partial charge on any atom is -0.229 e. The Balaban J connectivity index is 2.45. The molecule has 0 atom stereocenters. The molecule has 84 valence electrons. The first-order chi connectivity index (χ1) is 7.01. The fraction of sp³-hybridized carbons (Fsp3) is 0.400. The molecule has 1 aromatic carbocycles. The number of halogens is 1. The van der Waals surface area contributed by atoms with E-state index in [0.29, 0.717) is 11.6 Å². The van der Waals surface area contributed by atoms with Gasteiger partial charge in [-0.25, -0.2) is 8.42 Å². The summed E-state index contributed by atoms with van der Waals surface area (Å²) in [6, 6.07) is 7.83. The maximum atomic E-state index is 10.9. The Morgan fingerprint density at radius 2 is 1.87 bits per heavy atom. The number of hydrogen-bond donors (Lipinski definition) is 0. The minimum absolute atomic E-state index is 0.217. The molecular weight excluding hydrogens is 252 g/mol. The highest BCUT2D eigenvalue weighted by atomic mass is 35.5. The van der Waals surface area contributed by atoms with Gasteiger partial charge in [0.15, 0.2) is 0 Å². The van der Waals surface area contributed by atoms with Crippen LogP contribution in [0.4, 0.5) is 0 Å². The van der Waals surface area contributed by atoms with Gasteiger partial charge < -0.3 is 0 Å². The SMILES string of the molecule is CS(=O)(=O)CCSc1ccc(CCl)cc1. The molecule has 0 saturated heterocycles. The average Bonchev–Trinajstić information content (AvgIpc) is 2.17. The van der Waals surface area contributed by atoms with Gasteiger partial charge in [0.2, 0.25) is 0 Å². The number of rotatable bonds is 5. The van der Waals surface area contributed by atoms with Gasteiger partial charge in [-0.05, 0) is 17.7 Å². The predicted molar refractivity (Wildman–Crippen MR) is 66.4 cm³/mol. The Bertz CT molecular complexity index is 398. The van der Waals surface area contributed by atoms with E-state index in [2.05, 4.69) is 0 Å². The third-order valence-corrected chi connectivity index (χ3v) is 4.33. The minimum atomic E-state index is -2.85. The molecule has 1 aromatic rings. The monoisotopic (exact) mass is 264 g/mol. The van der Waals surface area contributed by atoms with Crippen molar-refractivity contribution in [2.75, 3.05) is 17.8 Å². The molecule has 0 bridgehead atoms. The molecule has 0 unspecified atom stereocenters. The smallest absolute Gasteiger partial charge is 0.148 e. The molecule has 5 heteroatoms. The fourth-order valence-electron chi connectivity index (χ4n) is 0.986. The number of thioether (sulfide) groups is 1. The standard InChI is InChI=1S/C10H13ClO2S2/c1-15(12,13)7-6-14-10-4-2-9(8-11)3-5-10/h2-5H,6-8H2,1H3. The molecule has 0 aromatic heterocycles. The second-order valence-electron chi connectivity index (χ2n) is 3.26. The summed E-state index contributed by atoms with van der Waals surface area (Å²) in [6.45, 7) is 0. The average molecular weight is 265 g/mol. The Hall–Kier alpha value is -0.190. The molecule has 0 fully saturated rings. The van der Waals surface area contributed by atoms with Crippen LogP contribution in [0.15, 0.2) is 29.2 Å². The van der Waals surface area contributed by atoms with Gasteiger partial charge in [0.05, 0.1) is 5.75 Å². The topological polar surface area (TPSA) is 34.1 Å². The highest BCUT2D eigenvalue weighted by Crippen LogP contribution is 2.19. The zero-order valence-electron chi connectivity index (χ0n) is 8.44. The van der Waals surface area contributed by atoms with Crippen molar-refractivity contribution in [2.45, 2.75) is 10.8 Å². The molecule has 0 radical (unpaired) electrons. The summed E-state index contributed by atoms with van der Waals surface area (Å²) >= 11 is 7.20. The molecule has 0 spiro atoms. The van der Waals surface area contributed by atoms with Crippen LogP contribution < -0.4 is 0 Å². The summed E-state index contributed by atoms with van der Waals surface area (Å²) < 4.78 is 21.8. The molecule has 1 rings (SSSR count). The summed E-state index contributed by atoms with van der Waals surface area (Å²) in [7, 11) is -2.85. The lowest BCUT2D eigenvalue weighted by atomic mass is 10.2. The van der Waals surface area contributed by atoms with E-state index in [1.54, 1.807) is 11.8 Å². The van der Waals surface area contributed by atoms with E-state index in [-0.39, 0.29) is 5.75 Å². The molecule has 0 amide bonds. The van der Waals surface area contributed by atoms with Gasteiger partial charge in [0.1, 0.15) is 9.84 Å². The van der Waals surface area contributed by atoms with Crippen molar-refractivity contribution in [2.24, 2.45) is 0 Å². The van der Waals surface area contributed by atoms with Crippen LogP contribution in [0, 0.1) is 0 Å². The lowest BCUT2D eigenvalue weighted by molar-refractivity contribution is 0.603. The number of benzene rings is 1. The summed E-state index contributed by atoms with van der Waals surface area (Å²) in [5.74, 6) is 1.32. The van der Waals surface area contributed by atoms with Crippen molar-refractivity contribution in [1.82, 2.24) is 0 Å². The van der Waals surface area contributed by atoms with Gasteiger partial charge in [-0.2, -0.15) is 0 Å². The zero-order chi connectivity index (χ0) is 11.3. The first-order valence-electron chi connectivity index (χ1n) is 4.47. The van der Waals surface area contributed by atoms with Crippen LogP contribution in [0.5, 0.6) is 0 Å². The summed E-state index contributed by atoms with van der Waals surface area (Å²) in [5, 5.41) is 0.